The number of benzene rings is 1. The van der Waals surface area contributed by atoms with Gasteiger partial charge in [-0.1, -0.05) is 0 Å². The van der Waals surface area contributed by atoms with Crippen LogP contribution in [0.2, 0.25) is 0 Å². The van der Waals surface area contributed by atoms with Crippen molar-refractivity contribution in [1.82, 2.24) is 0 Å². The summed E-state index contributed by atoms with van der Waals surface area (Å²) < 4.78 is 36.2. The van der Waals surface area contributed by atoms with E-state index in [0.717, 1.165) is 6.07 Å². The lowest BCUT2D eigenvalue weighted by atomic mass is 10.1. The van der Waals surface area contributed by atoms with Gasteiger partial charge in [-0.2, -0.15) is 8.42 Å². The molecule has 2 aromatic rings. The molecule has 17 heavy (non-hydrogen) atoms. The Morgan fingerprint density at radius 1 is 1.24 bits per heavy atom. The zero-order valence-corrected chi connectivity index (χ0v) is 10.0. The van der Waals surface area contributed by atoms with Crippen LogP contribution in [0.4, 0.5) is 0 Å². The number of hydrogen-bond acceptors (Lipinski definition) is 4. The summed E-state index contributed by atoms with van der Waals surface area (Å²) in [6, 6.07) is 3.66. The lowest BCUT2D eigenvalue weighted by Gasteiger charge is -2.03. The molecule has 1 heterocycles. The number of aryl methyl sites for hydroxylation is 1. The van der Waals surface area contributed by atoms with Crippen LogP contribution in [0.15, 0.2) is 32.3 Å². The van der Waals surface area contributed by atoms with Crippen molar-refractivity contribution < 1.29 is 17.4 Å². The first-order valence-corrected chi connectivity index (χ1v) is 6.26. The summed E-state index contributed by atoms with van der Waals surface area (Å²) in [7, 11) is -4.31. The molecular formula is C11H10O5S. The van der Waals surface area contributed by atoms with Gasteiger partial charge >= 0.3 is 0 Å². The Hall–Kier alpha value is -1.66. The predicted octanol–water partition coefficient (Wildman–Crippen LogP) is 1.66. The number of rotatable bonds is 1. The minimum Gasteiger partial charge on any atom is -0.461 e. The molecule has 1 N–H and O–H groups in total. The van der Waals surface area contributed by atoms with E-state index in [0.29, 0.717) is 16.9 Å². The molecule has 6 heteroatoms. The topological polar surface area (TPSA) is 84.6 Å². The Morgan fingerprint density at radius 3 is 2.47 bits per heavy atom. The van der Waals surface area contributed by atoms with Crippen LogP contribution in [0.5, 0.6) is 0 Å². The smallest absolute Gasteiger partial charge is 0.294 e. The molecule has 0 spiro atoms. The molecule has 0 amide bonds. The van der Waals surface area contributed by atoms with Crippen molar-refractivity contribution in [2.24, 2.45) is 0 Å². The molecule has 1 aromatic heterocycles. The molecule has 5 nitrogen and oxygen atoms in total. The average molecular weight is 254 g/mol. The van der Waals surface area contributed by atoms with E-state index in [-0.39, 0.29) is 15.7 Å². The van der Waals surface area contributed by atoms with E-state index in [1.807, 2.05) is 0 Å². The molecule has 0 bridgehead atoms. The standard InChI is InChI=1S/C11H10O5S/c1-6-7(2)16-10-4-3-8(17(13,14)15)5-9(10)11(6)12/h3-5H,1-2H3,(H,13,14,15). The van der Waals surface area contributed by atoms with E-state index in [2.05, 4.69) is 0 Å². The Bertz CT molecular complexity index is 755. The third-order valence-corrected chi connectivity index (χ3v) is 3.47. The van der Waals surface area contributed by atoms with Crippen molar-refractivity contribution in [2.45, 2.75) is 18.7 Å². The van der Waals surface area contributed by atoms with E-state index < -0.39 is 10.1 Å². The van der Waals surface area contributed by atoms with Crippen molar-refractivity contribution >= 4 is 21.1 Å². The summed E-state index contributed by atoms with van der Waals surface area (Å²) in [5.74, 6) is 0.488. The monoisotopic (exact) mass is 254 g/mol. The SMILES string of the molecule is Cc1oc2ccc(S(=O)(=O)O)cc2c(=O)c1C. The summed E-state index contributed by atoms with van der Waals surface area (Å²) in [6.45, 7) is 3.26. The van der Waals surface area contributed by atoms with Crippen LogP contribution in [0.1, 0.15) is 11.3 Å². The predicted molar refractivity (Wildman–Crippen MR) is 61.8 cm³/mol. The second kappa shape index (κ2) is 3.68. The summed E-state index contributed by atoms with van der Waals surface area (Å²) in [6.07, 6.45) is 0. The van der Waals surface area contributed by atoms with Crippen molar-refractivity contribution in [2.75, 3.05) is 0 Å². The van der Waals surface area contributed by atoms with Gasteiger partial charge in [-0.15, -0.1) is 0 Å². The number of fused-ring (bicyclic) bond motifs is 1. The van der Waals surface area contributed by atoms with Gasteiger partial charge in [0, 0.05) is 5.56 Å². The summed E-state index contributed by atoms with van der Waals surface area (Å²) in [5.41, 5.74) is 0.421. The van der Waals surface area contributed by atoms with E-state index in [1.54, 1.807) is 13.8 Å². The van der Waals surface area contributed by atoms with Crippen LogP contribution in [-0.2, 0) is 10.1 Å². The third kappa shape index (κ3) is 1.96. The Kier molecular flexibility index (Phi) is 2.56. The van der Waals surface area contributed by atoms with Crippen molar-refractivity contribution in [1.29, 1.82) is 0 Å². The summed E-state index contributed by atoms with van der Waals surface area (Å²) >= 11 is 0. The van der Waals surface area contributed by atoms with Gasteiger partial charge in [0.25, 0.3) is 10.1 Å². The van der Waals surface area contributed by atoms with E-state index in [4.69, 9.17) is 8.97 Å². The maximum atomic E-state index is 11.9. The molecule has 0 aliphatic heterocycles. The highest BCUT2D eigenvalue weighted by atomic mass is 32.2. The first kappa shape index (κ1) is 11.8. The van der Waals surface area contributed by atoms with Crippen LogP contribution in [0, 0.1) is 13.8 Å². The van der Waals surface area contributed by atoms with Crippen molar-refractivity contribution in [3.8, 4) is 0 Å². The molecule has 90 valence electrons. The fourth-order valence-electron chi connectivity index (χ4n) is 1.54. The quantitative estimate of drug-likeness (QED) is 0.782. The normalized spacial score (nSPS) is 11.9. The molecule has 0 unspecified atom stereocenters. The minimum absolute atomic E-state index is 0.142. The van der Waals surface area contributed by atoms with Gasteiger partial charge < -0.3 is 4.42 Å². The fourth-order valence-corrected chi connectivity index (χ4v) is 2.05. The van der Waals surface area contributed by atoms with Gasteiger partial charge in [-0.05, 0) is 32.0 Å². The highest BCUT2D eigenvalue weighted by Crippen LogP contribution is 2.18. The maximum Gasteiger partial charge on any atom is 0.294 e. The van der Waals surface area contributed by atoms with Crippen LogP contribution < -0.4 is 5.43 Å². The second-order valence-corrected chi connectivity index (χ2v) is 5.17. The Balaban J connectivity index is 2.92. The third-order valence-electron chi connectivity index (χ3n) is 2.63. The Labute approximate surface area is 97.4 Å². The Morgan fingerprint density at radius 2 is 1.88 bits per heavy atom. The van der Waals surface area contributed by atoms with Crippen LogP contribution in [0.25, 0.3) is 11.0 Å². The lowest BCUT2D eigenvalue weighted by Crippen LogP contribution is -2.08. The fraction of sp³-hybridized carbons (Fsp3) is 0.182. The molecule has 1 aromatic carbocycles. The van der Waals surface area contributed by atoms with Crippen LogP contribution >= 0.6 is 0 Å². The summed E-state index contributed by atoms with van der Waals surface area (Å²) in [4.78, 5) is 11.6. The molecule has 0 fully saturated rings. The van der Waals surface area contributed by atoms with E-state index in [9.17, 15) is 13.2 Å². The highest BCUT2D eigenvalue weighted by molar-refractivity contribution is 7.85. The summed E-state index contributed by atoms with van der Waals surface area (Å²) in [5, 5.41) is 0.142. The zero-order valence-electron chi connectivity index (χ0n) is 9.22. The molecule has 0 radical (unpaired) electrons. The van der Waals surface area contributed by atoms with E-state index >= 15 is 0 Å². The van der Waals surface area contributed by atoms with Crippen molar-refractivity contribution in [3.63, 3.8) is 0 Å². The molecule has 0 atom stereocenters. The first-order valence-electron chi connectivity index (χ1n) is 4.82. The maximum absolute atomic E-state index is 11.9. The van der Waals surface area contributed by atoms with Gasteiger partial charge in [-0.3, -0.25) is 9.35 Å². The van der Waals surface area contributed by atoms with Gasteiger partial charge in [0.2, 0.25) is 0 Å². The second-order valence-electron chi connectivity index (χ2n) is 3.75. The average Bonchev–Trinajstić information content (AvgIpc) is 2.24. The van der Waals surface area contributed by atoms with Gasteiger partial charge in [0.1, 0.15) is 11.3 Å². The minimum atomic E-state index is -4.31. The van der Waals surface area contributed by atoms with Gasteiger partial charge in [0.15, 0.2) is 5.43 Å². The van der Waals surface area contributed by atoms with Crippen LogP contribution in [-0.4, -0.2) is 13.0 Å². The molecule has 2 rings (SSSR count). The molecule has 0 aliphatic carbocycles. The van der Waals surface area contributed by atoms with Crippen LogP contribution in [0.3, 0.4) is 0 Å². The lowest BCUT2D eigenvalue weighted by molar-refractivity contribution is 0.483. The zero-order chi connectivity index (χ0) is 12.8. The van der Waals surface area contributed by atoms with Crippen molar-refractivity contribution in [3.05, 3.63) is 39.7 Å². The molecule has 0 aliphatic rings. The van der Waals surface area contributed by atoms with E-state index in [1.165, 1.54) is 12.1 Å². The number of hydrogen-bond donors (Lipinski definition) is 1. The molecule has 0 saturated carbocycles. The molecule has 0 saturated heterocycles. The first-order chi connectivity index (χ1) is 7.80. The highest BCUT2D eigenvalue weighted by Gasteiger charge is 2.13. The van der Waals surface area contributed by atoms with Gasteiger partial charge in [-0.25, -0.2) is 0 Å². The van der Waals surface area contributed by atoms with Gasteiger partial charge in [0.05, 0.1) is 10.3 Å². The largest absolute Gasteiger partial charge is 0.461 e. The molecular weight excluding hydrogens is 244 g/mol.